The van der Waals surface area contributed by atoms with E-state index >= 15 is 4.39 Å². The van der Waals surface area contributed by atoms with Gasteiger partial charge in [-0.2, -0.15) is 5.10 Å². The van der Waals surface area contributed by atoms with Crippen LogP contribution in [0.1, 0.15) is 71.6 Å². The van der Waals surface area contributed by atoms with E-state index in [4.69, 9.17) is 0 Å². The molecule has 1 aromatic heterocycles. The maximum Gasteiger partial charge on any atom is 0.178 e. The highest BCUT2D eigenvalue weighted by Crippen LogP contribution is 2.66. The molecule has 0 N–H and O–H groups in total. The normalized spacial score (nSPS) is 43.9. The summed E-state index contributed by atoms with van der Waals surface area (Å²) < 4.78 is 41.4. The Labute approximate surface area is 191 Å². The number of alkyl halides is 1. The van der Waals surface area contributed by atoms with Gasteiger partial charge in [0.2, 0.25) is 0 Å². The Hall–Kier alpha value is -1.24. The van der Waals surface area contributed by atoms with Crippen LogP contribution in [0.15, 0.2) is 17.3 Å². The summed E-state index contributed by atoms with van der Waals surface area (Å²) in [6.45, 7) is 4.66. The number of halogens is 1. The molecular weight excluding hydrogens is 427 g/mol. The molecule has 178 valence electrons. The van der Waals surface area contributed by atoms with Crippen LogP contribution in [0.25, 0.3) is 0 Å². The first-order chi connectivity index (χ1) is 15.0. The lowest BCUT2D eigenvalue weighted by atomic mass is 9.48. The Kier molecular flexibility index (Phi) is 5.38. The van der Waals surface area contributed by atoms with Gasteiger partial charge in [-0.3, -0.25) is 9.48 Å². The molecule has 7 heteroatoms. The maximum absolute atomic E-state index is 16.4. The molecule has 4 saturated carbocycles. The number of Topliss-reactive ketones (excluding diaryl/α,β-unsaturated/α-hetero) is 1. The molecule has 8 atom stereocenters. The summed E-state index contributed by atoms with van der Waals surface area (Å²) in [5, 5.41) is 4.11. The quantitative estimate of drug-likeness (QED) is 0.639. The summed E-state index contributed by atoms with van der Waals surface area (Å²) in [6.07, 6.45) is 12.5. The van der Waals surface area contributed by atoms with Crippen LogP contribution < -0.4 is 0 Å². The van der Waals surface area contributed by atoms with E-state index in [-0.39, 0.29) is 40.4 Å². The second-order valence-corrected chi connectivity index (χ2v) is 13.8. The van der Waals surface area contributed by atoms with Gasteiger partial charge in [0.15, 0.2) is 15.6 Å². The van der Waals surface area contributed by atoms with Gasteiger partial charge in [-0.1, -0.05) is 13.8 Å². The van der Waals surface area contributed by atoms with E-state index in [1.807, 2.05) is 0 Å². The number of hydrogen-bond acceptors (Lipinski definition) is 4. The Bertz CT molecular complexity index is 1010. The Morgan fingerprint density at radius 2 is 1.94 bits per heavy atom. The fraction of sp³-hybridized carbons (Fsp3) is 0.840. The van der Waals surface area contributed by atoms with E-state index in [1.165, 1.54) is 17.1 Å². The summed E-state index contributed by atoms with van der Waals surface area (Å²) in [5.74, 6) is 1.98. The van der Waals surface area contributed by atoms with Crippen molar-refractivity contribution in [2.75, 3.05) is 6.26 Å². The van der Waals surface area contributed by atoms with Crippen molar-refractivity contribution in [1.82, 2.24) is 9.78 Å². The Balaban J connectivity index is 1.33. The highest BCUT2D eigenvalue weighted by Gasteiger charge is 2.62. The number of hydrogen-bond donors (Lipinski definition) is 0. The highest BCUT2D eigenvalue weighted by atomic mass is 32.2. The molecule has 0 saturated heterocycles. The Morgan fingerprint density at radius 1 is 1.16 bits per heavy atom. The van der Waals surface area contributed by atoms with Gasteiger partial charge in [-0.25, -0.2) is 12.8 Å². The summed E-state index contributed by atoms with van der Waals surface area (Å²) in [4.78, 5) is 13.5. The molecule has 4 fully saturated rings. The van der Waals surface area contributed by atoms with Gasteiger partial charge in [0.1, 0.15) is 10.6 Å². The predicted molar refractivity (Wildman–Crippen MR) is 120 cm³/mol. The van der Waals surface area contributed by atoms with Gasteiger partial charge >= 0.3 is 0 Å². The van der Waals surface area contributed by atoms with Gasteiger partial charge in [0, 0.05) is 18.4 Å². The van der Waals surface area contributed by atoms with Crippen molar-refractivity contribution in [2.45, 2.75) is 88.7 Å². The SMILES string of the molecule is C[C@H]1CC[C@@]2(F)[C@H](CC[C@H]3[C@@H]4CC[C@H](C(=O)Cn5cc(S(C)(=O)=O)cn5)[C@@]4(C)CC[C@@H]32)C1. The van der Waals surface area contributed by atoms with Crippen LogP contribution in [0, 0.1) is 40.9 Å². The first-order valence-electron chi connectivity index (χ1n) is 12.5. The third-order valence-electron chi connectivity index (χ3n) is 10.0. The van der Waals surface area contributed by atoms with Crippen molar-refractivity contribution >= 4 is 15.6 Å². The number of aromatic nitrogens is 2. The molecule has 0 aliphatic heterocycles. The molecule has 0 aromatic carbocycles. The lowest BCUT2D eigenvalue weighted by Crippen LogP contribution is -2.56. The van der Waals surface area contributed by atoms with E-state index in [1.54, 1.807) is 0 Å². The molecule has 4 aliphatic rings. The third kappa shape index (κ3) is 3.48. The summed E-state index contributed by atoms with van der Waals surface area (Å²) in [5.41, 5.74) is -1.06. The molecule has 0 bridgehead atoms. The van der Waals surface area contributed by atoms with Crippen molar-refractivity contribution in [1.29, 1.82) is 0 Å². The minimum absolute atomic E-state index is 0.0426. The monoisotopic (exact) mass is 464 g/mol. The molecule has 1 aromatic rings. The van der Waals surface area contributed by atoms with Gasteiger partial charge in [0.05, 0.1) is 12.7 Å². The van der Waals surface area contributed by atoms with Crippen LogP contribution >= 0.6 is 0 Å². The zero-order valence-corrected chi connectivity index (χ0v) is 20.4. The highest BCUT2D eigenvalue weighted by molar-refractivity contribution is 7.90. The van der Waals surface area contributed by atoms with Crippen molar-refractivity contribution in [3.8, 4) is 0 Å². The lowest BCUT2D eigenvalue weighted by molar-refractivity contribution is -0.146. The summed E-state index contributed by atoms with van der Waals surface area (Å²) >= 11 is 0. The average Bonchev–Trinajstić information content (AvgIpc) is 3.32. The van der Waals surface area contributed by atoms with Gasteiger partial charge in [-0.15, -0.1) is 0 Å². The van der Waals surface area contributed by atoms with Crippen molar-refractivity contribution < 1.29 is 17.6 Å². The van der Waals surface area contributed by atoms with Crippen LogP contribution in [0.3, 0.4) is 0 Å². The van der Waals surface area contributed by atoms with E-state index in [0.717, 1.165) is 64.0 Å². The standard InChI is InChI=1S/C25H37FN2O3S/c1-16-8-11-25(26)17(12-16)4-5-19-20-6-7-22(24(20,2)10-9-21(19)25)23(29)15-28-14-18(13-27-28)32(3,30)31/h13-14,16-17,19-22H,4-12,15H2,1-3H3/t16-,17+,19-,20-,21-,22+,24-,25+/m0/s1. The predicted octanol–water partition coefficient (Wildman–Crippen LogP) is 4.85. The van der Waals surface area contributed by atoms with Crippen LogP contribution in [-0.2, 0) is 21.2 Å². The zero-order chi connectivity index (χ0) is 22.9. The van der Waals surface area contributed by atoms with E-state index in [9.17, 15) is 13.2 Å². The first kappa shape index (κ1) is 22.5. The van der Waals surface area contributed by atoms with Crippen molar-refractivity contribution in [3.05, 3.63) is 12.4 Å². The molecule has 0 spiro atoms. The fourth-order valence-electron chi connectivity index (χ4n) is 8.42. The molecule has 4 aliphatic carbocycles. The number of sulfone groups is 1. The van der Waals surface area contributed by atoms with Crippen LogP contribution in [-0.4, -0.2) is 35.9 Å². The second-order valence-electron chi connectivity index (χ2n) is 11.7. The van der Waals surface area contributed by atoms with Gasteiger partial charge in [0.25, 0.3) is 0 Å². The zero-order valence-electron chi connectivity index (χ0n) is 19.6. The molecule has 1 heterocycles. The van der Waals surface area contributed by atoms with Gasteiger partial charge in [-0.05, 0) is 92.8 Å². The third-order valence-corrected chi connectivity index (χ3v) is 11.1. The van der Waals surface area contributed by atoms with Crippen LogP contribution in [0.2, 0.25) is 0 Å². The number of ketones is 1. The molecule has 0 unspecified atom stereocenters. The molecule has 32 heavy (non-hydrogen) atoms. The molecule has 0 amide bonds. The van der Waals surface area contributed by atoms with Crippen molar-refractivity contribution in [3.63, 3.8) is 0 Å². The number of fused-ring (bicyclic) bond motifs is 5. The molecule has 5 rings (SSSR count). The number of carbonyl (C=O) groups excluding carboxylic acids is 1. The second kappa shape index (κ2) is 7.64. The van der Waals surface area contributed by atoms with E-state index < -0.39 is 15.5 Å². The van der Waals surface area contributed by atoms with E-state index in [2.05, 4.69) is 18.9 Å². The van der Waals surface area contributed by atoms with Crippen molar-refractivity contribution in [2.24, 2.45) is 40.9 Å². The first-order valence-corrected chi connectivity index (χ1v) is 14.4. The molecule has 5 nitrogen and oxygen atoms in total. The van der Waals surface area contributed by atoms with E-state index in [0.29, 0.717) is 17.8 Å². The fourth-order valence-corrected chi connectivity index (χ4v) is 8.97. The van der Waals surface area contributed by atoms with Gasteiger partial charge < -0.3 is 0 Å². The topological polar surface area (TPSA) is 69.0 Å². The van der Waals surface area contributed by atoms with Crippen LogP contribution in [0.5, 0.6) is 0 Å². The summed E-state index contributed by atoms with van der Waals surface area (Å²) in [7, 11) is -3.33. The van der Waals surface area contributed by atoms with Crippen LogP contribution in [0.4, 0.5) is 4.39 Å². The minimum atomic E-state index is -3.33. The number of nitrogens with zero attached hydrogens (tertiary/aromatic N) is 2. The Morgan fingerprint density at radius 3 is 2.66 bits per heavy atom. The summed E-state index contributed by atoms with van der Waals surface area (Å²) in [6, 6.07) is 0. The largest absolute Gasteiger partial charge is 0.297 e. The minimum Gasteiger partial charge on any atom is -0.297 e. The smallest absolute Gasteiger partial charge is 0.178 e. The average molecular weight is 465 g/mol. The molecular formula is C25H37FN2O3S. The number of carbonyl (C=O) groups is 1. The lowest BCUT2D eigenvalue weighted by Gasteiger charge is -2.58. The maximum atomic E-state index is 16.4. The molecule has 0 radical (unpaired) electrons. The number of rotatable bonds is 4.